The van der Waals surface area contributed by atoms with Crippen molar-refractivity contribution < 1.29 is 24.0 Å². The molecule has 0 bridgehead atoms. The van der Waals surface area contributed by atoms with E-state index in [-0.39, 0.29) is 25.2 Å². The summed E-state index contributed by atoms with van der Waals surface area (Å²) >= 11 is 0. The number of hydroxylamine groups is 2. The molecule has 0 aromatic carbocycles. The highest BCUT2D eigenvalue weighted by Gasteiger charge is 2.32. The van der Waals surface area contributed by atoms with Gasteiger partial charge in [0, 0.05) is 31.2 Å². The van der Waals surface area contributed by atoms with Crippen LogP contribution in [0, 0.1) is 0 Å². The zero-order chi connectivity index (χ0) is 17.4. The maximum atomic E-state index is 11.6. The van der Waals surface area contributed by atoms with Crippen molar-refractivity contribution in [1.29, 1.82) is 0 Å². The summed E-state index contributed by atoms with van der Waals surface area (Å²) in [4.78, 5) is 54.5. The monoisotopic (exact) mass is 369 g/mol. The fraction of sp³-hybridized carbons (Fsp3) is 0.357. The predicted molar refractivity (Wildman–Crippen MR) is 87.4 cm³/mol. The van der Waals surface area contributed by atoms with Crippen LogP contribution in [-0.4, -0.2) is 46.0 Å². The molecule has 0 aliphatic carbocycles. The number of carbonyl (C=O) groups is 4. The lowest BCUT2D eigenvalue weighted by atomic mass is 10.4. The van der Waals surface area contributed by atoms with Gasteiger partial charge >= 0.3 is 5.97 Å². The number of pyridine rings is 1. The van der Waals surface area contributed by atoms with Crippen molar-refractivity contribution in [2.45, 2.75) is 24.3 Å². The number of nitrogens with zero attached hydrogens (tertiary/aromatic N) is 2. The SMILES string of the molecule is O=C(CCSSc1ccccn1)NCC(=O)ON1C(=O)CCC1=O. The second-order valence-electron chi connectivity index (χ2n) is 4.65. The minimum absolute atomic E-state index is 0.0314. The molecule has 24 heavy (non-hydrogen) atoms. The fourth-order valence-corrected chi connectivity index (χ4v) is 3.55. The first-order chi connectivity index (χ1) is 11.6. The molecule has 1 aromatic heterocycles. The van der Waals surface area contributed by atoms with Gasteiger partial charge in [0.2, 0.25) is 5.91 Å². The standard InChI is InChI=1S/C14H15N3O5S2/c18-10(6-8-23-24-11-3-1-2-7-15-11)16-9-14(21)22-17-12(19)4-5-13(17)20/h1-3,7H,4-6,8-9H2,(H,16,18). The molecule has 1 aliphatic heterocycles. The number of hydrogen-bond acceptors (Lipinski definition) is 8. The van der Waals surface area contributed by atoms with Crippen LogP contribution >= 0.6 is 21.6 Å². The molecule has 128 valence electrons. The van der Waals surface area contributed by atoms with Gasteiger partial charge in [-0.3, -0.25) is 14.4 Å². The average molecular weight is 369 g/mol. The molecule has 10 heteroatoms. The van der Waals surface area contributed by atoms with E-state index in [1.807, 2.05) is 18.2 Å². The van der Waals surface area contributed by atoms with E-state index in [1.165, 1.54) is 21.6 Å². The molecule has 1 aromatic rings. The molecule has 8 nitrogen and oxygen atoms in total. The normalized spacial score (nSPS) is 13.9. The Morgan fingerprint density at radius 3 is 2.67 bits per heavy atom. The number of aromatic nitrogens is 1. The highest BCUT2D eigenvalue weighted by atomic mass is 33.1. The molecule has 0 atom stereocenters. The summed E-state index contributed by atoms with van der Waals surface area (Å²) in [6, 6.07) is 5.57. The van der Waals surface area contributed by atoms with Gasteiger partial charge in [-0.15, -0.1) is 5.06 Å². The van der Waals surface area contributed by atoms with Crippen LogP contribution in [0.1, 0.15) is 19.3 Å². The summed E-state index contributed by atoms with van der Waals surface area (Å²) in [5, 5.41) is 3.69. The lowest BCUT2D eigenvalue weighted by molar-refractivity contribution is -0.196. The van der Waals surface area contributed by atoms with E-state index in [0.717, 1.165) is 5.03 Å². The van der Waals surface area contributed by atoms with Crippen molar-refractivity contribution >= 4 is 45.3 Å². The predicted octanol–water partition coefficient (Wildman–Crippen LogP) is 0.935. The van der Waals surface area contributed by atoms with E-state index in [9.17, 15) is 19.2 Å². The minimum Gasteiger partial charge on any atom is -0.345 e. The molecular weight excluding hydrogens is 354 g/mol. The molecule has 3 amide bonds. The molecular formula is C14H15N3O5S2. The van der Waals surface area contributed by atoms with Crippen LogP contribution in [0.25, 0.3) is 0 Å². The van der Waals surface area contributed by atoms with E-state index in [2.05, 4.69) is 15.1 Å². The lowest BCUT2D eigenvalue weighted by Crippen LogP contribution is -2.37. The van der Waals surface area contributed by atoms with Gasteiger partial charge in [0.15, 0.2) is 0 Å². The Hall–Kier alpha value is -2.07. The molecule has 1 aliphatic rings. The highest BCUT2D eigenvalue weighted by Crippen LogP contribution is 2.29. The maximum absolute atomic E-state index is 11.6. The Labute approximate surface area is 146 Å². The van der Waals surface area contributed by atoms with Gasteiger partial charge in [-0.05, 0) is 22.9 Å². The van der Waals surface area contributed by atoms with Crippen LogP contribution in [0.4, 0.5) is 0 Å². The quantitative estimate of drug-likeness (QED) is 0.410. The number of amides is 3. The largest absolute Gasteiger partial charge is 0.352 e. The van der Waals surface area contributed by atoms with Gasteiger partial charge in [-0.25, -0.2) is 9.78 Å². The first-order valence-corrected chi connectivity index (χ1v) is 9.42. The second kappa shape index (κ2) is 9.28. The number of hydrogen-bond donors (Lipinski definition) is 1. The topological polar surface area (TPSA) is 106 Å². The lowest BCUT2D eigenvalue weighted by Gasteiger charge is -2.12. The Morgan fingerprint density at radius 1 is 1.25 bits per heavy atom. The van der Waals surface area contributed by atoms with E-state index in [4.69, 9.17) is 0 Å². The molecule has 0 radical (unpaired) electrons. The molecule has 2 heterocycles. The maximum Gasteiger partial charge on any atom is 0.352 e. The van der Waals surface area contributed by atoms with E-state index < -0.39 is 24.3 Å². The summed E-state index contributed by atoms with van der Waals surface area (Å²) < 4.78 is 0. The summed E-state index contributed by atoms with van der Waals surface area (Å²) in [7, 11) is 2.94. The van der Waals surface area contributed by atoms with Crippen LogP contribution in [-0.2, 0) is 24.0 Å². The first-order valence-electron chi connectivity index (χ1n) is 7.10. The Kier molecular flexibility index (Phi) is 7.07. The third-order valence-corrected chi connectivity index (χ3v) is 5.09. The molecule has 0 unspecified atom stereocenters. The van der Waals surface area contributed by atoms with Gasteiger partial charge in [0.25, 0.3) is 11.8 Å². The van der Waals surface area contributed by atoms with Gasteiger partial charge in [-0.2, -0.15) is 0 Å². The number of rotatable bonds is 8. The van der Waals surface area contributed by atoms with Crippen molar-refractivity contribution in [2.75, 3.05) is 12.3 Å². The zero-order valence-corrected chi connectivity index (χ0v) is 14.2. The molecule has 1 saturated heterocycles. The van der Waals surface area contributed by atoms with Crippen LogP contribution in [0.3, 0.4) is 0 Å². The minimum atomic E-state index is -0.859. The number of imide groups is 1. The molecule has 0 saturated carbocycles. The Balaban J connectivity index is 1.58. The fourth-order valence-electron chi connectivity index (χ4n) is 1.68. The van der Waals surface area contributed by atoms with E-state index in [0.29, 0.717) is 10.8 Å². The molecule has 0 spiro atoms. The van der Waals surface area contributed by atoms with Crippen molar-refractivity contribution in [2.24, 2.45) is 0 Å². The van der Waals surface area contributed by atoms with Crippen molar-refractivity contribution in [3.8, 4) is 0 Å². The van der Waals surface area contributed by atoms with E-state index >= 15 is 0 Å². The van der Waals surface area contributed by atoms with Gasteiger partial charge in [0.1, 0.15) is 11.6 Å². The summed E-state index contributed by atoms with van der Waals surface area (Å²) in [6.07, 6.45) is 1.98. The number of carbonyl (C=O) groups excluding carboxylic acids is 4. The number of nitrogens with one attached hydrogen (secondary N) is 1. The van der Waals surface area contributed by atoms with Gasteiger partial charge in [0.05, 0.1) is 0 Å². The van der Waals surface area contributed by atoms with Gasteiger partial charge in [-0.1, -0.05) is 16.9 Å². The Morgan fingerprint density at radius 2 is 2.00 bits per heavy atom. The van der Waals surface area contributed by atoms with E-state index in [1.54, 1.807) is 6.20 Å². The van der Waals surface area contributed by atoms with Gasteiger partial charge < -0.3 is 10.2 Å². The highest BCUT2D eigenvalue weighted by molar-refractivity contribution is 8.76. The molecule has 1 fully saturated rings. The van der Waals surface area contributed by atoms with Crippen molar-refractivity contribution in [1.82, 2.24) is 15.4 Å². The molecule has 2 rings (SSSR count). The Bertz CT molecular complexity index is 610. The second-order valence-corrected chi connectivity index (χ2v) is 7.08. The van der Waals surface area contributed by atoms with Crippen molar-refractivity contribution in [3.63, 3.8) is 0 Å². The first kappa shape index (κ1) is 18.3. The van der Waals surface area contributed by atoms with Crippen molar-refractivity contribution in [3.05, 3.63) is 24.4 Å². The van der Waals surface area contributed by atoms with Crippen LogP contribution in [0.5, 0.6) is 0 Å². The third kappa shape index (κ3) is 5.85. The summed E-state index contributed by atoms with van der Waals surface area (Å²) in [5.41, 5.74) is 0. The third-order valence-electron chi connectivity index (χ3n) is 2.82. The smallest absolute Gasteiger partial charge is 0.345 e. The van der Waals surface area contributed by atoms with Crippen LogP contribution in [0.2, 0.25) is 0 Å². The van der Waals surface area contributed by atoms with Crippen LogP contribution < -0.4 is 5.32 Å². The summed E-state index contributed by atoms with van der Waals surface area (Å²) in [6.45, 7) is -0.395. The summed E-state index contributed by atoms with van der Waals surface area (Å²) in [5.74, 6) is -1.74. The zero-order valence-electron chi connectivity index (χ0n) is 12.6. The van der Waals surface area contributed by atoms with Crippen LogP contribution in [0.15, 0.2) is 29.4 Å². The molecule has 1 N–H and O–H groups in total. The average Bonchev–Trinajstić information content (AvgIpc) is 2.90.